The summed E-state index contributed by atoms with van der Waals surface area (Å²) in [5.74, 6) is 0.934. The van der Waals surface area contributed by atoms with Gasteiger partial charge in [-0.25, -0.2) is 14.4 Å². The van der Waals surface area contributed by atoms with Gasteiger partial charge in [0, 0.05) is 48.9 Å². The van der Waals surface area contributed by atoms with Gasteiger partial charge in [0.1, 0.15) is 40.9 Å². The lowest BCUT2D eigenvalue weighted by molar-refractivity contribution is 0.237. The Morgan fingerprint density at radius 2 is 1.80 bits per heavy atom. The monoisotopic (exact) mass is 590 g/mol. The molecule has 11 nitrogen and oxygen atoms in total. The number of pyridine rings is 2. The average molecular weight is 591 g/mol. The molecule has 8 rings (SSSR count). The van der Waals surface area contributed by atoms with Crippen LogP contribution >= 0.6 is 0 Å². The van der Waals surface area contributed by atoms with Crippen LogP contribution in [0.2, 0.25) is 0 Å². The molecule has 222 valence electrons. The van der Waals surface area contributed by atoms with Gasteiger partial charge in [-0.15, -0.1) is 0 Å². The molecule has 7 heterocycles. The fourth-order valence-electron chi connectivity index (χ4n) is 6.07. The molecule has 0 amide bonds. The van der Waals surface area contributed by atoms with Crippen molar-refractivity contribution in [1.82, 2.24) is 40.0 Å². The number of halogens is 1. The lowest BCUT2D eigenvalue weighted by Crippen LogP contribution is -2.56. The maximum Gasteiger partial charge on any atom is 0.147 e. The number of benzene rings is 1. The van der Waals surface area contributed by atoms with Crippen LogP contribution in [-0.4, -0.2) is 85.4 Å². The average Bonchev–Trinajstić information content (AvgIpc) is 3.78. The number of ether oxygens (including phenoxy) is 1. The number of aromatic amines is 2. The Kier molecular flexibility index (Phi) is 6.64. The minimum Gasteiger partial charge on any atom is -0.492 e. The molecule has 2 aliphatic rings. The minimum atomic E-state index is -0.356. The van der Waals surface area contributed by atoms with Crippen LogP contribution in [0.25, 0.3) is 55.8 Å². The minimum absolute atomic E-state index is 0.163. The summed E-state index contributed by atoms with van der Waals surface area (Å²) in [6, 6.07) is 10.8. The molecule has 0 bridgehead atoms. The van der Waals surface area contributed by atoms with Crippen LogP contribution in [0.4, 0.5) is 10.2 Å². The summed E-state index contributed by atoms with van der Waals surface area (Å²) in [6.07, 6.45) is 9.41. The number of aromatic nitrogens is 7. The summed E-state index contributed by atoms with van der Waals surface area (Å²) in [5, 5.41) is 8.57. The molecule has 0 radical (unpaired) electrons. The van der Waals surface area contributed by atoms with E-state index in [-0.39, 0.29) is 11.9 Å². The van der Waals surface area contributed by atoms with Crippen molar-refractivity contribution < 1.29 is 9.13 Å². The van der Waals surface area contributed by atoms with E-state index in [1.807, 2.05) is 24.3 Å². The van der Waals surface area contributed by atoms with Crippen molar-refractivity contribution in [3.63, 3.8) is 0 Å². The van der Waals surface area contributed by atoms with Gasteiger partial charge in [-0.1, -0.05) is 0 Å². The number of nitrogens with two attached hydrogens (primary N) is 1. The molecular weight excluding hydrogens is 559 g/mol. The van der Waals surface area contributed by atoms with E-state index in [1.165, 1.54) is 25.0 Å². The zero-order valence-corrected chi connectivity index (χ0v) is 24.0. The van der Waals surface area contributed by atoms with Crippen LogP contribution < -0.4 is 15.4 Å². The Morgan fingerprint density at radius 1 is 0.932 bits per heavy atom. The second kappa shape index (κ2) is 11.0. The van der Waals surface area contributed by atoms with Crippen LogP contribution in [0.15, 0.2) is 61.2 Å². The van der Waals surface area contributed by atoms with E-state index >= 15 is 0 Å². The van der Waals surface area contributed by atoms with Crippen LogP contribution in [0.3, 0.4) is 0 Å². The number of fused-ring (bicyclic) bond motifs is 2. The normalized spacial score (nSPS) is 15.8. The Hall–Kier alpha value is -4.94. The van der Waals surface area contributed by atoms with E-state index in [0.29, 0.717) is 40.5 Å². The number of hydrogen-bond acceptors (Lipinski definition) is 9. The third-order valence-corrected chi connectivity index (χ3v) is 8.38. The summed E-state index contributed by atoms with van der Waals surface area (Å²) < 4.78 is 20.7. The second-order valence-electron chi connectivity index (χ2n) is 11.5. The van der Waals surface area contributed by atoms with Gasteiger partial charge in [0.25, 0.3) is 0 Å². The van der Waals surface area contributed by atoms with E-state index in [4.69, 9.17) is 20.4 Å². The highest BCUT2D eigenvalue weighted by molar-refractivity contribution is 6.00. The molecule has 0 unspecified atom stereocenters. The van der Waals surface area contributed by atoms with E-state index in [0.717, 1.165) is 66.2 Å². The molecule has 2 aliphatic heterocycles. The number of anilines is 1. The molecule has 44 heavy (non-hydrogen) atoms. The highest BCUT2D eigenvalue weighted by Crippen LogP contribution is 2.35. The fraction of sp³-hybridized carbons (Fsp3) is 0.281. The van der Waals surface area contributed by atoms with E-state index in [1.54, 1.807) is 24.8 Å². The largest absolute Gasteiger partial charge is 0.492 e. The van der Waals surface area contributed by atoms with Crippen molar-refractivity contribution >= 4 is 27.8 Å². The van der Waals surface area contributed by atoms with Crippen molar-refractivity contribution in [2.24, 2.45) is 5.73 Å². The van der Waals surface area contributed by atoms with Crippen LogP contribution in [0.5, 0.6) is 5.75 Å². The first-order valence-electron chi connectivity index (χ1n) is 14.9. The molecule has 0 saturated carbocycles. The molecule has 0 spiro atoms. The smallest absolute Gasteiger partial charge is 0.147 e. The summed E-state index contributed by atoms with van der Waals surface area (Å²) in [4.78, 5) is 26.4. The Labute approximate surface area is 252 Å². The number of hydrogen-bond donors (Lipinski definition) is 3. The Bertz CT molecular complexity index is 1980. The topological polar surface area (TPSA) is 138 Å². The second-order valence-corrected chi connectivity index (χ2v) is 11.5. The first kappa shape index (κ1) is 26.7. The van der Waals surface area contributed by atoms with Gasteiger partial charge in [-0.3, -0.25) is 20.0 Å². The summed E-state index contributed by atoms with van der Waals surface area (Å²) in [7, 11) is 0. The molecular formula is C32H31FN10O. The number of likely N-dealkylation sites (tertiary alicyclic amines) is 1. The van der Waals surface area contributed by atoms with Crippen molar-refractivity contribution in [1.29, 1.82) is 0 Å². The van der Waals surface area contributed by atoms with Gasteiger partial charge in [0.2, 0.25) is 0 Å². The first-order valence-corrected chi connectivity index (χ1v) is 14.9. The maximum absolute atomic E-state index is 14.8. The molecule has 0 atom stereocenters. The number of rotatable bonds is 8. The van der Waals surface area contributed by atoms with Crippen molar-refractivity contribution in [3.05, 3.63) is 67.0 Å². The quantitative estimate of drug-likeness (QED) is 0.236. The molecule has 12 heteroatoms. The lowest BCUT2D eigenvalue weighted by atomic mass is 10.0. The van der Waals surface area contributed by atoms with Gasteiger partial charge in [0.05, 0.1) is 41.0 Å². The highest BCUT2D eigenvalue weighted by atomic mass is 19.1. The van der Waals surface area contributed by atoms with E-state index in [2.05, 4.69) is 34.9 Å². The highest BCUT2D eigenvalue weighted by Gasteiger charge is 2.25. The summed E-state index contributed by atoms with van der Waals surface area (Å²) in [5.41, 5.74) is 12.5. The molecule has 0 aliphatic carbocycles. The Balaban J connectivity index is 1.11. The van der Waals surface area contributed by atoms with Gasteiger partial charge in [0.15, 0.2) is 0 Å². The van der Waals surface area contributed by atoms with Crippen LogP contribution in [-0.2, 0) is 0 Å². The maximum atomic E-state index is 14.8. The van der Waals surface area contributed by atoms with Gasteiger partial charge >= 0.3 is 0 Å². The molecule has 1 aromatic carbocycles. The van der Waals surface area contributed by atoms with Crippen molar-refractivity contribution in [2.75, 3.05) is 44.2 Å². The van der Waals surface area contributed by atoms with Gasteiger partial charge < -0.3 is 20.4 Å². The lowest BCUT2D eigenvalue weighted by Gasteiger charge is -2.37. The third-order valence-electron chi connectivity index (χ3n) is 8.38. The number of nitrogens with one attached hydrogen (secondary N) is 2. The standard InChI is InChI=1S/C32H31FN10O/c33-20-9-19(10-22(11-20)44-8-7-42-5-1-2-6-42)24-13-35-14-28-23(24)12-27(37-28)32-31-26(40-41-32)4-3-25(39-31)29-15-36-16-30(38-29)43-17-21(34)18-43/h3-4,9-16,21,37H,1-2,5-8,17-18,34H2,(H,40,41). The van der Waals surface area contributed by atoms with Crippen molar-refractivity contribution in [2.45, 2.75) is 18.9 Å². The van der Waals surface area contributed by atoms with Crippen LogP contribution in [0, 0.1) is 5.82 Å². The van der Waals surface area contributed by atoms with E-state index in [9.17, 15) is 4.39 Å². The summed E-state index contributed by atoms with van der Waals surface area (Å²) >= 11 is 0. The Morgan fingerprint density at radius 3 is 2.66 bits per heavy atom. The molecule has 2 saturated heterocycles. The zero-order valence-electron chi connectivity index (χ0n) is 24.0. The molecule has 4 N–H and O–H groups in total. The van der Waals surface area contributed by atoms with E-state index < -0.39 is 0 Å². The molecule has 6 aromatic rings. The predicted octanol–water partition coefficient (Wildman–Crippen LogP) is 4.39. The van der Waals surface area contributed by atoms with Gasteiger partial charge in [-0.2, -0.15) is 5.10 Å². The SMILES string of the molecule is NC1CN(c2cncc(-c3ccc4[nH]nc(-c5cc6c(-c7cc(F)cc(OCCN8CCCC8)c7)cncc6[nH]5)c4n3)n2)C1. The predicted molar refractivity (Wildman–Crippen MR) is 167 cm³/mol. The molecule has 2 fully saturated rings. The zero-order chi connectivity index (χ0) is 29.6. The van der Waals surface area contributed by atoms with Crippen LogP contribution in [0.1, 0.15) is 12.8 Å². The summed E-state index contributed by atoms with van der Waals surface area (Å²) in [6.45, 7) is 5.07. The number of nitrogens with zero attached hydrogens (tertiary/aromatic N) is 7. The molecule has 5 aromatic heterocycles. The third kappa shape index (κ3) is 5.01. The fourth-order valence-corrected chi connectivity index (χ4v) is 6.07. The van der Waals surface area contributed by atoms with Gasteiger partial charge in [-0.05, 0) is 61.8 Å². The first-order chi connectivity index (χ1) is 21.6. The van der Waals surface area contributed by atoms with Crippen molar-refractivity contribution in [3.8, 4) is 39.7 Å². The number of H-pyrrole nitrogens is 2.